The van der Waals surface area contributed by atoms with Gasteiger partial charge >= 0.3 is 5.97 Å². The zero-order chi connectivity index (χ0) is 17.5. The number of rotatable bonds is 4. The largest absolute Gasteiger partial charge is 0.452 e. The van der Waals surface area contributed by atoms with Crippen molar-refractivity contribution in [3.8, 4) is 0 Å². The monoisotopic (exact) mass is 366 g/mol. The Morgan fingerprint density at radius 1 is 0.875 bits per heavy atom. The smallest absolute Gasteiger partial charge is 0.341 e. The van der Waals surface area contributed by atoms with Gasteiger partial charge in [-0.05, 0) is 24.3 Å². The molecule has 0 fully saturated rings. The summed E-state index contributed by atoms with van der Waals surface area (Å²) in [5, 5.41) is 0.232. The van der Waals surface area contributed by atoms with E-state index in [-0.39, 0.29) is 15.6 Å². The number of ether oxygens (including phenoxy) is 1. The van der Waals surface area contributed by atoms with E-state index in [0.29, 0.717) is 5.56 Å². The number of esters is 1. The van der Waals surface area contributed by atoms with Crippen LogP contribution in [-0.4, -0.2) is 24.4 Å². The summed E-state index contributed by atoms with van der Waals surface area (Å²) >= 11 is 11.7. The molecule has 0 saturated heterocycles. The highest BCUT2D eigenvalue weighted by molar-refractivity contribution is 6.39. The van der Waals surface area contributed by atoms with E-state index in [9.17, 15) is 14.4 Å². The van der Waals surface area contributed by atoms with Crippen molar-refractivity contribution >= 4 is 41.0 Å². The highest BCUT2D eigenvalue weighted by Crippen LogP contribution is 2.24. The molecule has 124 valence electrons. The maximum absolute atomic E-state index is 11.9. The predicted octanol–water partition coefficient (Wildman–Crippen LogP) is 2.61. The summed E-state index contributed by atoms with van der Waals surface area (Å²) in [5.41, 5.74) is 4.69. The van der Waals surface area contributed by atoms with Crippen LogP contribution in [-0.2, 0) is 9.53 Å². The number of hydrogen-bond donors (Lipinski definition) is 2. The Morgan fingerprint density at radius 3 is 2.12 bits per heavy atom. The summed E-state index contributed by atoms with van der Waals surface area (Å²) in [6.07, 6.45) is 0. The molecule has 6 nitrogen and oxygen atoms in total. The van der Waals surface area contributed by atoms with Gasteiger partial charge in [0.25, 0.3) is 11.8 Å². The van der Waals surface area contributed by atoms with E-state index >= 15 is 0 Å². The second-order valence-corrected chi connectivity index (χ2v) is 5.36. The van der Waals surface area contributed by atoms with E-state index in [4.69, 9.17) is 27.9 Å². The fourth-order valence-corrected chi connectivity index (χ4v) is 2.27. The van der Waals surface area contributed by atoms with Crippen molar-refractivity contribution in [3.05, 3.63) is 69.7 Å². The standard InChI is InChI=1S/C16H12Cl2N2O4/c17-11-7-4-8-12(18)14(11)16(23)24-9-13(21)19-20-15(22)10-5-2-1-3-6-10/h1-8H,9H2,(H,19,21)(H,20,22). The van der Waals surface area contributed by atoms with Crippen molar-refractivity contribution in [1.29, 1.82) is 0 Å². The normalized spacial score (nSPS) is 9.92. The number of hydrazine groups is 1. The molecule has 0 aliphatic carbocycles. The molecule has 0 aromatic heterocycles. The Balaban J connectivity index is 1.83. The summed E-state index contributed by atoms with van der Waals surface area (Å²) in [4.78, 5) is 35.2. The Morgan fingerprint density at radius 2 is 1.50 bits per heavy atom. The van der Waals surface area contributed by atoms with Gasteiger partial charge in [-0.3, -0.25) is 20.4 Å². The molecule has 2 N–H and O–H groups in total. The molecule has 2 aromatic carbocycles. The van der Waals surface area contributed by atoms with Gasteiger partial charge in [0, 0.05) is 5.56 Å². The van der Waals surface area contributed by atoms with Gasteiger partial charge < -0.3 is 4.74 Å². The molecule has 2 amide bonds. The topological polar surface area (TPSA) is 84.5 Å². The van der Waals surface area contributed by atoms with Crippen molar-refractivity contribution in [3.63, 3.8) is 0 Å². The van der Waals surface area contributed by atoms with Crippen molar-refractivity contribution in [2.45, 2.75) is 0 Å². The van der Waals surface area contributed by atoms with E-state index in [1.54, 1.807) is 36.4 Å². The van der Waals surface area contributed by atoms with Crippen LogP contribution in [0.1, 0.15) is 20.7 Å². The minimum atomic E-state index is -0.838. The zero-order valence-electron chi connectivity index (χ0n) is 12.2. The highest BCUT2D eigenvalue weighted by Gasteiger charge is 2.17. The summed E-state index contributed by atoms with van der Waals surface area (Å²) in [7, 11) is 0. The van der Waals surface area contributed by atoms with Crippen LogP contribution in [0.5, 0.6) is 0 Å². The third-order valence-electron chi connectivity index (χ3n) is 2.85. The van der Waals surface area contributed by atoms with Crippen LogP contribution in [0.2, 0.25) is 10.0 Å². The van der Waals surface area contributed by atoms with Gasteiger partial charge in [0.15, 0.2) is 6.61 Å². The third kappa shape index (κ3) is 4.71. The first-order valence-corrected chi connectivity index (χ1v) is 7.50. The summed E-state index contributed by atoms with van der Waals surface area (Å²) < 4.78 is 4.82. The van der Waals surface area contributed by atoms with Crippen LogP contribution < -0.4 is 10.9 Å². The molecule has 0 aliphatic rings. The lowest BCUT2D eigenvalue weighted by molar-refractivity contribution is -0.125. The number of carbonyl (C=O) groups is 3. The predicted molar refractivity (Wildman–Crippen MR) is 88.8 cm³/mol. The number of benzene rings is 2. The first kappa shape index (κ1) is 17.8. The van der Waals surface area contributed by atoms with Crippen molar-refractivity contribution < 1.29 is 19.1 Å². The lowest BCUT2D eigenvalue weighted by atomic mass is 10.2. The third-order valence-corrected chi connectivity index (χ3v) is 3.48. The van der Waals surface area contributed by atoms with E-state index < -0.39 is 24.4 Å². The number of amides is 2. The van der Waals surface area contributed by atoms with Crippen molar-refractivity contribution in [2.24, 2.45) is 0 Å². The Hall–Kier alpha value is -2.57. The number of nitrogens with one attached hydrogen (secondary N) is 2. The fraction of sp³-hybridized carbons (Fsp3) is 0.0625. The van der Waals surface area contributed by atoms with E-state index in [2.05, 4.69) is 10.9 Å². The minimum absolute atomic E-state index is 0.0260. The molecular formula is C16H12Cl2N2O4. The molecule has 2 rings (SSSR count). The van der Waals surface area contributed by atoms with E-state index in [0.717, 1.165) is 0 Å². The molecule has 2 aromatic rings. The van der Waals surface area contributed by atoms with Crippen LogP contribution in [0.4, 0.5) is 0 Å². The van der Waals surface area contributed by atoms with Gasteiger partial charge in [-0.1, -0.05) is 47.5 Å². The summed E-state index contributed by atoms with van der Waals surface area (Å²) in [5.74, 6) is -2.05. The van der Waals surface area contributed by atoms with Crippen molar-refractivity contribution in [1.82, 2.24) is 10.9 Å². The van der Waals surface area contributed by atoms with Gasteiger partial charge in [-0.15, -0.1) is 0 Å². The quantitative estimate of drug-likeness (QED) is 0.643. The van der Waals surface area contributed by atoms with E-state index in [1.165, 1.54) is 12.1 Å². The minimum Gasteiger partial charge on any atom is -0.452 e. The van der Waals surface area contributed by atoms with Gasteiger partial charge in [0.05, 0.1) is 15.6 Å². The molecule has 0 unspecified atom stereocenters. The molecule has 24 heavy (non-hydrogen) atoms. The van der Waals surface area contributed by atoms with Gasteiger partial charge in [0.1, 0.15) is 0 Å². The van der Waals surface area contributed by atoms with Crippen LogP contribution in [0.25, 0.3) is 0 Å². The number of hydrogen-bond acceptors (Lipinski definition) is 4. The first-order valence-electron chi connectivity index (χ1n) is 6.74. The second-order valence-electron chi connectivity index (χ2n) is 4.54. The maximum Gasteiger partial charge on any atom is 0.341 e. The second kappa shape index (κ2) is 8.33. The molecular weight excluding hydrogens is 355 g/mol. The fourth-order valence-electron chi connectivity index (χ4n) is 1.72. The average molecular weight is 367 g/mol. The van der Waals surface area contributed by atoms with E-state index in [1.807, 2.05) is 0 Å². The average Bonchev–Trinajstić information content (AvgIpc) is 2.58. The van der Waals surface area contributed by atoms with Crippen LogP contribution in [0, 0.1) is 0 Å². The molecule has 0 heterocycles. The Kier molecular flexibility index (Phi) is 6.17. The van der Waals surface area contributed by atoms with Gasteiger partial charge in [-0.25, -0.2) is 4.79 Å². The lowest BCUT2D eigenvalue weighted by Gasteiger charge is -2.09. The zero-order valence-corrected chi connectivity index (χ0v) is 13.7. The number of halogens is 2. The highest BCUT2D eigenvalue weighted by atomic mass is 35.5. The van der Waals surface area contributed by atoms with Gasteiger partial charge in [-0.2, -0.15) is 0 Å². The van der Waals surface area contributed by atoms with Crippen LogP contribution in [0.15, 0.2) is 48.5 Å². The molecule has 0 atom stereocenters. The van der Waals surface area contributed by atoms with Crippen molar-refractivity contribution in [2.75, 3.05) is 6.61 Å². The first-order chi connectivity index (χ1) is 11.5. The SMILES string of the molecule is O=C(COC(=O)c1c(Cl)cccc1Cl)NNC(=O)c1ccccc1. The maximum atomic E-state index is 11.9. The molecule has 0 aliphatic heterocycles. The van der Waals surface area contributed by atoms with Gasteiger partial charge in [0.2, 0.25) is 0 Å². The Labute approximate surface area is 147 Å². The molecule has 0 saturated carbocycles. The molecule has 0 spiro atoms. The summed E-state index contributed by atoms with van der Waals surface area (Å²) in [6.45, 7) is -0.602. The molecule has 0 bridgehead atoms. The van der Waals surface area contributed by atoms with Crippen LogP contribution >= 0.6 is 23.2 Å². The molecule has 0 radical (unpaired) electrons. The number of carbonyl (C=O) groups excluding carboxylic acids is 3. The summed E-state index contributed by atoms with van der Waals surface area (Å²) in [6, 6.07) is 12.8. The molecule has 8 heteroatoms. The van der Waals surface area contributed by atoms with Crippen LogP contribution in [0.3, 0.4) is 0 Å². The lowest BCUT2D eigenvalue weighted by Crippen LogP contribution is -2.43. The Bertz CT molecular complexity index is 746.